The van der Waals surface area contributed by atoms with Gasteiger partial charge in [0.15, 0.2) is 27.3 Å². The van der Waals surface area contributed by atoms with Gasteiger partial charge in [-0.15, -0.1) is 0 Å². The van der Waals surface area contributed by atoms with Crippen molar-refractivity contribution in [3.8, 4) is 45.3 Å². The number of aromatic nitrogens is 3. The minimum absolute atomic E-state index is 0.209. The lowest BCUT2D eigenvalue weighted by atomic mass is 10.0. The smallest absolute Gasteiger partial charge is 0.175 e. The number of nitrogens with zero attached hydrogens (tertiary/aromatic N) is 3. The Hall–Kier alpha value is -3.87. The van der Waals surface area contributed by atoms with Crippen LogP contribution in [0.5, 0.6) is 0 Å². The van der Waals surface area contributed by atoms with E-state index in [1.807, 2.05) is 78.9 Å². The lowest BCUT2D eigenvalue weighted by molar-refractivity contribution is 0.602. The number of hydrogen-bond acceptors (Lipinski definition) is 5. The standard InChI is InChI=1S/C28H20ClN3O2S/c1-35(33,34)25-15-7-13-23(18-25)28-31-26(19-8-3-2-4-9-19)30-27(32-28)22-12-5-10-20(16-22)21-11-6-14-24(29)17-21/h2-18H,1H3. The van der Waals surface area contributed by atoms with Gasteiger partial charge in [0, 0.05) is 28.0 Å². The summed E-state index contributed by atoms with van der Waals surface area (Å²) in [6.45, 7) is 0. The molecular formula is C28H20ClN3O2S. The van der Waals surface area contributed by atoms with Crippen LogP contribution in [-0.2, 0) is 9.84 Å². The molecule has 0 bridgehead atoms. The van der Waals surface area contributed by atoms with Gasteiger partial charge in [0.25, 0.3) is 0 Å². The van der Waals surface area contributed by atoms with Crippen LogP contribution in [0.1, 0.15) is 0 Å². The van der Waals surface area contributed by atoms with E-state index in [1.165, 1.54) is 6.26 Å². The first-order valence-corrected chi connectivity index (χ1v) is 13.1. The van der Waals surface area contributed by atoms with Gasteiger partial charge in [0.2, 0.25) is 0 Å². The highest BCUT2D eigenvalue weighted by Gasteiger charge is 2.15. The summed E-state index contributed by atoms with van der Waals surface area (Å²) in [5, 5.41) is 0.660. The number of benzene rings is 4. The molecule has 0 aliphatic rings. The molecular weight excluding hydrogens is 478 g/mol. The molecule has 5 aromatic rings. The lowest BCUT2D eigenvalue weighted by Crippen LogP contribution is -2.01. The zero-order valence-corrected chi connectivity index (χ0v) is 20.3. The Morgan fingerprint density at radius 1 is 0.543 bits per heavy atom. The van der Waals surface area contributed by atoms with Crippen LogP contribution in [0.4, 0.5) is 0 Å². The normalized spacial score (nSPS) is 11.4. The Bertz CT molecular complexity index is 1640. The zero-order chi connectivity index (χ0) is 24.4. The number of rotatable bonds is 5. The molecule has 0 aliphatic heterocycles. The molecule has 35 heavy (non-hydrogen) atoms. The van der Waals surface area contributed by atoms with Crippen molar-refractivity contribution in [1.29, 1.82) is 0 Å². The minimum atomic E-state index is -3.38. The summed E-state index contributed by atoms with van der Waals surface area (Å²) in [5.74, 6) is 1.39. The Labute approximate surface area is 209 Å². The minimum Gasteiger partial charge on any atom is -0.224 e. The largest absolute Gasteiger partial charge is 0.224 e. The molecule has 1 heterocycles. The summed E-state index contributed by atoms with van der Waals surface area (Å²) in [7, 11) is -3.38. The molecule has 0 saturated heterocycles. The first-order valence-electron chi connectivity index (χ1n) is 10.9. The molecule has 7 heteroatoms. The van der Waals surface area contributed by atoms with E-state index < -0.39 is 9.84 Å². The van der Waals surface area contributed by atoms with E-state index in [1.54, 1.807) is 24.3 Å². The summed E-state index contributed by atoms with van der Waals surface area (Å²) < 4.78 is 24.3. The fraction of sp³-hybridized carbons (Fsp3) is 0.0357. The summed E-state index contributed by atoms with van der Waals surface area (Å²) >= 11 is 6.20. The maximum Gasteiger partial charge on any atom is 0.175 e. The third-order valence-corrected chi connectivity index (χ3v) is 6.81. The van der Waals surface area contributed by atoms with Gasteiger partial charge in [-0.05, 0) is 41.5 Å². The third kappa shape index (κ3) is 5.14. The van der Waals surface area contributed by atoms with Gasteiger partial charge in [-0.1, -0.05) is 84.4 Å². The van der Waals surface area contributed by atoms with E-state index >= 15 is 0 Å². The SMILES string of the molecule is CS(=O)(=O)c1cccc(-c2nc(-c3ccccc3)nc(-c3cccc(-c4cccc(Cl)c4)c3)n2)c1. The third-order valence-electron chi connectivity index (χ3n) is 5.47. The van der Waals surface area contributed by atoms with Crippen LogP contribution in [0, 0.1) is 0 Å². The van der Waals surface area contributed by atoms with E-state index in [9.17, 15) is 8.42 Å². The van der Waals surface area contributed by atoms with Gasteiger partial charge in [-0.25, -0.2) is 23.4 Å². The van der Waals surface area contributed by atoms with E-state index in [0.717, 1.165) is 22.3 Å². The fourth-order valence-electron chi connectivity index (χ4n) is 3.72. The highest BCUT2D eigenvalue weighted by molar-refractivity contribution is 7.90. The Balaban J connectivity index is 1.68. The van der Waals surface area contributed by atoms with Gasteiger partial charge in [0.1, 0.15) is 0 Å². The second-order valence-electron chi connectivity index (χ2n) is 8.06. The van der Waals surface area contributed by atoms with Crippen molar-refractivity contribution in [3.05, 3.63) is 108 Å². The molecule has 0 spiro atoms. The van der Waals surface area contributed by atoms with Crippen molar-refractivity contribution in [3.63, 3.8) is 0 Å². The number of halogens is 1. The molecule has 0 saturated carbocycles. The van der Waals surface area contributed by atoms with E-state index in [-0.39, 0.29) is 4.90 Å². The Kier molecular flexibility index (Phi) is 6.16. The highest BCUT2D eigenvalue weighted by atomic mass is 35.5. The monoisotopic (exact) mass is 497 g/mol. The van der Waals surface area contributed by atoms with Gasteiger partial charge in [-0.3, -0.25) is 0 Å². The van der Waals surface area contributed by atoms with Gasteiger partial charge >= 0.3 is 0 Å². The first kappa shape index (κ1) is 22.9. The van der Waals surface area contributed by atoms with Gasteiger partial charge < -0.3 is 0 Å². The molecule has 5 nitrogen and oxygen atoms in total. The van der Waals surface area contributed by atoms with Gasteiger partial charge in [-0.2, -0.15) is 0 Å². The van der Waals surface area contributed by atoms with Crippen LogP contribution in [0.15, 0.2) is 108 Å². The van der Waals surface area contributed by atoms with Crippen LogP contribution in [0.25, 0.3) is 45.3 Å². The molecule has 0 fully saturated rings. The van der Waals surface area contributed by atoms with Crippen molar-refractivity contribution < 1.29 is 8.42 Å². The Morgan fingerprint density at radius 2 is 1.03 bits per heavy atom. The summed E-state index contributed by atoms with van der Waals surface area (Å²) in [6.07, 6.45) is 1.18. The van der Waals surface area contributed by atoms with Crippen LogP contribution < -0.4 is 0 Å². The second-order valence-corrected chi connectivity index (χ2v) is 10.5. The molecule has 172 valence electrons. The van der Waals surface area contributed by atoms with E-state index in [0.29, 0.717) is 28.1 Å². The second kappa shape index (κ2) is 9.41. The van der Waals surface area contributed by atoms with Crippen LogP contribution in [0.2, 0.25) is 5.02 Å². The maximum absolute atomic E-state index is 12.1. The quantitative estimate of drug-likeness (QED) is 0.273. The molecule has 0 atom stereocenters. The molecule has 0 radical (unpaired) electrons. The van der Waals surface area contributed by atoms with Crippen LogP contribution in [0.3, 0.4) is 0 Å². The van der Waals surface area contributed by atoms with Crippen molar-refractivity contribution in [1.82, 2.24) is 15.0 Å². The molecule has 5 rings (SSSR count). The van der Waals surface area contributed by atoms with E-state index in [4.69, 9.17) is 21.6 Å². The number of hydrogen-bond donors (Lipinski definition) is 0. The zero-order valence-electron chi connectivity index (χ0n) is 18.8. The molecule has 0 aliphatic carbocycles. The molecule has 4 aromatic carbocycles. The van der Waals surface area contributed by atoms with Crippen molar-refractivity contribution in [2.75, 3.05) is 6.26 Å². The summed E-state index contributed by atoms with van der Waals surface area (Å²) in [6, 6.07) is 31.8. The molecule has 0 unspecified atom stereocenters. The van der Waals surface area contributed by atoms with Crippen molar-refractivity contribution in [2.24, 2.45) is 0 Å². The van der Waals surface area contributed by atoms with Crippen LogP contribution >= 0.6 is 11.6 Å². The predicted molar refractivity (Wildman–Crippen MR) is 140 cm³/mol. The fourth-order valence-corrected chi connectivity index (χ4v) is 4.58. The van der Waals surface area contributed by atoms with Gasteiger partial charge in [0.05, 0.1) is 4.90 Å². The average Bonchev–Trinajstić information content (AvgIpc) is 2.89. The summed E-state index contributed by atoms with van der Waals surface area (Å²) in [4.78, 5) is 14.4. The predicted octanol–water partition coefficient (Wildman–Crippen LogP) is 6.60. The molecule has 1 aromatic heterocycles. The summed E-state index contributed by atoms with van der Waals surface area (Å²) in [5.41, 5.74) is 4.20. The van der Waals surface area contributed by atoms with Crippen molar-refractivity contribution >= 4 is 21.4 Å². The first-order chi connectivity index (χ1) is 16.9. The van der Waals surface area contributed by atoms with E-state index in [2.05, 4.69) is 4.98 Å². The molecule has 0 N–H and O–H groups in total. The molecule has 0 amide bonds. The highest BCUT2D eigenvalue weighted by Crippen LogP contribution is 2.29. The topological polar surface area (TPSA) is 72.8 Å². The van der Waals surface area contributed by atoms with Crippen molar-refractivity contribution in [2.45, 2.75) is 4.90 Å². The average molecular weight is 498 g/mol. The number of sulfone groups is 1. The maximum atomic E-state index is 12.1. The van der Waals surface area contributed by atoms with Crippen LogP contribution in [-0.4, -0.2) is 29.6 Å². The lowest BCUT2D eigenvalue weighted by Gasteiger charge is -2.10. The Morgan fingerprint density at radius 3 is 1.66 bits per heavy atom.